The van der Waals surface area contributed by atoms with Crippen molar-refractivity contribution in [3.05, 3.63) is 83.4 Å². The Morgan fingerprint density at radius 1 is 1.00 bits per heavy atom. The third kappa shape index (κ3) is 4.69. The molecule has 0 aliphatic carbocycles. The summed E-state index contributed by atoms with van der Waals surface area (Å²) in [6.07, 6.45) is 2.44. The number of ether oxygens (including phenoxy) is 2. The molecule has 0 fully saturated rings. The molecule has 32 heavy (non-hydrogen) atoms. The highest BCUT2D eigenvalue weighted by atomic mass is 32.2. The first-order valence-electron chi connectivity index (χ1n) is 10.5. The highest BCUT2D eigenvalue weighted by molar-refractivity contribution is 7.89. The Kier molecular flexibility index (Phi) is 6.58. The quantitative estimate of drug-likeness (QED) is 0.494. The first-order valence-corrected chi connectivity index (χ1v) is 12.0. The van der Waals surface area contributed by atoms with Crippen LogP contribution in [0.15, 0.2) is 76.6 Å². The van der Waals surface area contributed by atoms with E-state index in [0.29, 0.717) is 36.9 Å². The van der Waals surface area contributed by atoms with Crippen LogP contribution in [-0.4, -0.2) is 39.2 Å². The molecule has 4 rings (SSSR count). The van der Waals surface area contributed by atoms with E-state index >= 15 is 0 Å². The van der Waals surface area contributed by atoms with E-state index in [9.17, 15) is 8.42 Å². The number of sulfonamides is 1. The summed E-state index contributed by atoms with van der Waals surface area (Å²) >= 11 is 0. The lowest BCUT2D eigenvalue weighted by Gasteiger charge is -2.28. The fourth-order valence-corrected chi connectivity index (χ4v) is 5.14. The molecule has 1 aliphatic rings. The van der Waals surface area contributed by atoms with Gasteiger partial charge in [-0.1, -0.05) is 24.3 Å². The molecule has 6 nitrogen and oxygen atoms in total. The zero-order valence-electron chi connectivity index (χ0n) is 18.2. The normalized spacial score (nSPS) is 14.3. The second kappa shape index (κ2) is 9.54. The fourth-order valence-electron chi connectivity index (χ4n) is 3.72. The fraction of sp³-hybridized carbons (Fsp3) is 0.240. The van der Waals surface area contributed by atoms with Crippen LogP contribution in [0.3, 0.4) is 0 Å². The minimum Gasteiger partial charge on any atom is -0.493 e. The zero-order chi connectivity index (χ0) is 22.6. The van der Waals surface area contributed by atoms with Gasteiger partial charge in [0.15, 0.2) is 11.5 Å². The summed E-state index contributed by atoms with van der Waals surface area (Å²) in [7, 11) is -1.96. The summed E-state index contributed by atoms with van der Waals surface area (Å²) in [5.41, 5.74) is 3.80. The maximum Gasteiger partial charge on any atom is 0.243 e. The number of hydrogen-bond donors (Lipinski definition) is 0. The molecule has 1 heterocycles. The lowest BCUT2D eigenvalue weighted by molar-refractivity contribution is 0.311. The number of nitrogens with zero attached hydrogens (tertiary/aromatic N) is 2. The maximum absolute atomic E-state index is 13.1. The Morgan fingerprint density at radius 3 is 2.47 bits per heavy atom. The first-order chi connectivity index (χ1) is 15.5. The summed E-state index contributed by atoms with van der Waals surface area (Å²) in [6, 6.07) is 20.2. The van der Waals surface area contributed by atoms with Crippen LogP contribution in [-0.2, 0) is 23.0 Å². The van der Waals surface area contributed by atoms with Gasteiger partial charge in [0.25, 0.3) is 0 Å². The topological polar surface area (TPSA) is 68.2 Å². The van der Waals surface area contributed by atoms with Crippen LogP contribution < -0.4 is 9.47 Å². The molecule has 0 N–H and O–H groups in total. The van der Waals surface area contributed by atoms with Crippen molar-refractivity contribution in [3.8, 4) is 11.5 Å². The van der Waals surface area contributed by atoms with Gasteiger partial charge in [0.1, 0.15) is 0 Å². The molecular weight excluding hydrogens is 424 g/mol. The van der Waals surface area contributed by atoms with Crippen molar-refractivity contribution in [2.45, 2.75) is 24.8 Å². The minimum atomic E-state index is -3.56. The van der Waals surface area contributed by atoms with Crippen molar-refractivity contribution in [2.75, 3.05) is 20.3 Å². The second-order valence-electron chi connectivity index (χ2n) is 7.45. The Hall–Kier alpha value is -3.16. The lowest BCUT2D eigenvalue weighted by atomic mass is 10.0. The van der Waals surface area contributed by atoms with E-state index in [4.69, 9.17) is 9.47 Å². The molecule has 0 amide bonds. The molecule has 7 heteroatoms. The van der Waals surface area contributed by atoms with Gasteiger partial charge in [-0.15, -0.1) is 0 Å². The summed E-state index contributed by atoms with van der Waals surface area (Å²) < 4.78 is 38.6. The van der Waals surface area contributed by atoms with Crippen molar-refractivity contribution in [2.24, 2.45) is 4.99 Å². The van der Waals surface area contributed by atoms with E-state index in [1.807, 2.05) is 43.3 Å². The molecule has 0 atom stereocenters. The third-order valence-corrected chi connectivity index (χ3v) is 7.28. The lowest BCUT2D eigenvalue weighted by Crippen LogP contribution is -2.35. The Morgan fingerprint density at radius 2 is 1.75 bits per heavy atom. The average molecular weight is 451 g/mol. The Bertz CT molecular complexity index is 1220. The van der Waals surface area contributed by atoms with Gasteiger partial charge >= 0.3 is 0 Å². The predicted molar refractivity (Wildman–Crippen MR) is 126 cm³/mol. The van der Waals surface area contributed by atoms with Gasteiger partial charge in [0, 0.05) is 19.3 Å². The number of benzene rings is 3. The van der Waals surface area contributed by atoms with Gasteiger partial charge in [-0.05, 0) is 72.5 Å². The van der Waals surface area contributed by atoms with Crippen LogP contribution in [0.5, 0.6) is 11.5 Å². The van der Waals surface area contributed by atoms with Crippen molar-refractivity contribution in [3.63, 3.8) is 0 Å². The van der Waals surface area contributed by atoms with Gasteiger partial charge in [-0.2, -0.15) is 4.31 Å². The molecule has 0 bridgehead atoms. The van der Waals surface area contributed by atoms with Crippen molar-refractivity contribution < 1.29 is 17.9 Å². The molecule has 1 aliphatic heterocycles. The first kappa shape index (κ1) is 22.0. The summed E-state index contributed by atoms with van der Waals surface area (Å²) in [6.45, 7) is 3.36. The maximum atomic E-state index is 13.1. The number of fused-ring (bicyclic) bond motifs is 1. The third-order valence-electron chi connectivity index (χ3n) is 5.42. The zero-order valence-corrected chi connectivity index (χ0v) is 19.0. The number of hydrogen-bond acceptors (Lipinski definition) is 5. The summed E-state index contributed by atoms with van der Waals surface area (Å²) in [4.78, 5) is 4.74. The molecule has 3 aromatic carbocycles. The summed E-state index contributed by atoms with van der Waals surface area (Å²) in [5, 5.41) is 0. The predicted octanol–water partition coefficient (Wildman–Crippen LogP) is 4.59. The molecule has 0 saturated heterocycles. The molecule has 0 saturated carbocycles. The van der Waals surface area contributed by atoms with Gasteiger partial charge in [0.2, 0.25) is 10.0 Å². The smallest absolute Gasteiger partial charge is 0.243 e. The molecule has 0 radical (unpaired) electrons. The molecule has 0 unspecified atom stereocenters. The highest BCUT2D eigenvalue weighted by Gasteiger charge is 2.28. The largest absolute Gasteiger partial charge is 0.493 e. The van der Waals surface area contributed by atoms with Gasteiger partial charge in [0.05, 0.1) is 24.3 Å². The molecule has 0 aromatic heterocycles. The molecule has 3 aromatic rings. The van der Waals surface area contributed by atoms with Crippen LogP contribution in [0.1, 0.15) is 23.6 Å². The molecule has 166 valence electrons. The highest BCUT2D eigenvalue weighted by Crippen LogP contribution is 2.28. The van der Waals surface area contributed by atoms with E-state index in [2.05, 4.69) is 11.1 Å². The number of methoxy groups -OCH3 is 1. The minimum absolute atomic E-state index is 0.276. The van der Waals surface area contributed by atoms with Crippen LogP contribution in [0, 0.1) is 0 Å². The van der Waals surface area contributed by atoms with Crippen LogP contribution >= 0.6 is 0 Å². The number of rotatable bonds is 7. The van der Waals surface area contributed by atoms with Crippen LogP contribution in [0.2, 0.25) is 0 Å². The van der Waals surface area contributed by atoms with E-state index in [0.717, 1.165) is 17.5 Å². The van der Waals surface area contributed by atoms with E-state index in [1.54, 1.807) is 41.9 Å². The number of aliphatic imine (C=N–C) groups is 1. The van der Waals surface area contributed by atoms with Crippen molar-refractivity contribution in [1.29, 1.82) is 0 Å². The SMILES string of the molecule is CCOc1ccc(C=Nc2ccc(S(=O)(=O)N3CCc4ccccc4C3)cc2)cc1OC. The van der Waals surface area contributed by atoms with E-state index in [1.165, 1.54) is 5.56 Å². The Labute approximate surface area is 189 Å². The second-order valence-corrected chi connectivity index (χ2v) is 9.39. The van der Waals surface area contributed by atoms with E-state index in [-0.39, 0.29) is 4.90 Å². The average Bonchev–Trinajstić information content (AvgIpc) is 2.83. The molecule has 0 spiro atoms. The Balaban J connectivity index is 1.48. The van der Waals surface area contributed by atoms with Crippen LogP contribution in [0.4, 0.5) is 5.69 Å². The molecular formula is C25H26N2O4S. The van der Waals surface area contributed by atoms with Crippen molar-refractivity contribution in [1.82, 2.24) is 4.31 Å². The van der Waals surface area contributed by atoms with Crippen LogP contribution in [0.25, 0.3) is 0 Å². The van der Waals surface area contributed by atoms with Crippen molar-refractivity contribution >= 4 is 21.9 Å². The standard InChI is InChI=1S/C25H26N2O4S/c1-3-31-24-13-8-19(16-25(24)30-2)17-26-22-9-11-23(12-10-22)32(28,29)27-15-14-20-6-4-5-7-21(20)18-27/h4-13,16-17H,3,14-15,18H2,1-2H3. The monoisotopic (exact) mass is 450 g/mol. The van der Waals surface area contributed by atoms with E-state index < -0.39 is 10.0 Å². The van der Waals surface area contributed by atoms with Gasteiger partial charge < -0.3 is 9.47 Å². The van der Waals surface area contributed by atoms with Gasteiger partial charge in [-0.25, -0.2) is 8.42 Å². The van der Waals surface area contributed by atoms with Gasteiger partial charge in [-0.3, -0.25) is 4.99 Å². The summed E-state index contributed by atoms with van der Waals surface area (Å²) in [5.74, 6) is 1.32.